The average molecular weight is 242 g/mol. The summed E-state index contributed by atoms with van der Waals surface area (Å²) in [4.78, 5) is 14.0. The van der Waals surface area contributed by atoms with Gasteiger partial charge in [0.05, 0.1) is 6.54 Å². The Hall–Kier alpha value is -1.14. The molecular formula is C10H14N2O3S. The van der Waals surface area contributed by atoms with Crippen molar-refractivity contribution in [3.05, 3.63) is 18.3 Å². The highest BCUT2D eigenvalue weighted by atomic mass is 32.2. The van der Waals surface area contributed by atoms with Crippen LogP contribution in [0.4, 0.5) is 0 Å². The number of Topliss-reactive ketones (excluding diaryl/α,β-unsaturated/α-hetero) is 1. The molecule has 2 heterocycles. The normalized spacial score (nSPS) is 21.5. The number of aromatic amines is 1. The zero-order valence-corrected chi connectivity index (χ0v) is 10.0. The second kappa shape index (κ2) is 3.43. The fraction of sp³-hybridized carbons (Fsp3) is 0.500. The maximum absolute atomic E-state index is 12.2. The van der Waals surface area contributed by atoms with Gasteiger partial charge in [0.15, 0.2) is 0 Å². The van der Waals surface area contributed by atoms with E-state index in [0.29, 0.717) is 0 Å². The van der Waals surface area contributed by atoms with Gasteiger partial charge >= 0.3 is 0 Å². The van der Waals surface area contributed by atoms with Crippen molar-refractivity contribution < 1.29 is 13.2 Å². The van der Waals surface area contributed by atoms with Gasteiger partial charge in [-0.15, -0.1) is 0 Å². The fourth-order valence-electron chi connectivity index (χ4n) is 2.00. The van der Waals surface area contributed by atoms with Gasteiger partial charge in [-0.1, -0.05) is 0 Å². The summed E-state index contributed by atoms with van der Waals surface area (Å²) in [6, 6.07) is 3.12. The second-order valence-electron chi connectivity index (χ2n) is 4.57. The van der Waals surface area contributed by atoms with E-state index in [0.717, 1.165) is 0 Å². The molecule has 0 radical (unpaired) electrons. The predicted octanol–water partition coefficient (Wildman–Crippen LogP) is 0.757. The molecule has 0 bridgehead atoms. The minimum absolute atomic E-state index is 0.0334. The van der Waals surface area contributed by atoms with Crippen molar-refractivity contribution in [1.29, 1.82) is 0 Å². The van der Waals surface area contributed by atoms with Crippen LogP contribution in [0.2, 0.25) is 0 Å². The number of aromatic nitrogens is 1. The molecule has 6 heteroatoms. The first kappa shape index (κ1) is 11.3. The van der Waals surface area contributed by atoms with Crippen LogP contribution in [0.5, 0.6) is 0 Å². The number of H-pyrrole nitrogens is 1. The van der Waals surface area contributed by atoms with Gasteiger partial charge in [0.1, 0.15) is 10.8 Å². The first-order valence-corrected chi connectivity index (χ1v) is 6.46. The second-order valence-corrected chi connectivity index (χ2v) is 6.40. The summed E-state index contributed by atoms with van der Waals surface area (Å²) >= 11 is 0. The van der Waals surface area contributed by atoms with Gasteiger partial charge in [0, 0.05) is 18.2 Å². The van der Waals surface area contributed by atoms with E-state index >= 15 is 0 Å². The quantitative estimate of drug-likeness (QED) is 0.832. The Morgan fingerprint density at radius 2 is 2.12 bits per heavy atom. The van der Waals surface area contributed by atoms with E-state index in [4.69, 9.17) is 0 Å². The van der Waals surface area contributed by atoms with E-state index in [-0.39, 0.29) is 23.8 Å². The maximum Gasteiger partial charge on any atom is 0.259 e. The number of sulfonamides is 1. The standard InChI is InChI=1S/C10H14N2O3S/c1-10(2)6-8(13)7-12(10)16(14,15)9-4-3-5-11-9/h3-5,11H,6-7H2,1-2H3. The molecule has 1 N–H and O–H groups in total. The zero-order valence-electron chi connectivity index (χ0n) is 9.23. The van der Waals surface area contributed by atoms with Crippen molar-refractivity contribution in [3.63, 3.8) is 0 Å². The van der Waals surface area contributed by atoms with Crippen molar-refractivity contribution in [2.24, 2.45) is 0 Å². The molecule has 0 aliphatic carbocycles. The third kappa shape index (κ3) is 1.68. The molecule has 0 amide bonds. The molecule has 1 aliphatic heterocycles. The molecule has 0 atom stereocenters. The Balaban J connectivity index is 2.43. The van der Waals surface area contributed by atoms with E-state index in [1.807, 2.05) is 0 Å². The van der Waals surface area contributed by atoms with E-state index in [1.54, 1.807) is 26.1 Å². The van der Waals surface area contributed by atoms with Gasteiger partial charge in [-0.05, 0) is 26.0 Å². The Morgan fingerprint density at radius 1 is 1.44 bits per heavy atom. The van der Waals surface area contributed by atoms with Crippen molar-refractivity contribution in [2.45, 2.75) is 30.8 Å². The molecule has 5 nitrogen and oxygen atoms in total. The summed E-state index contributed by atoms with van der Waals surface area (Å²) in [6.45, 7) is 3.49. The summed E-state index contributed by atoms with van der Waals surface area (Å²) in [5.74, 6) is -0.0415. The predicted molar refractivity (Wildman–Crippen MR) is 58.4 cm³/mol. The molecule has 1 aliphatic rings. The SMILES string of the molecule is CC1(C)CC(=O)CN1S(=O)(=O)c1ccc[nH]1. The zero-order chi connectivity index (χ0) is 12.0. The average Bonchev–Trinajstić information content (AvgIpc) is 2.72. The monoisotopic (exact) mass is 242 g/mol. The minimum atomic E-state index is -3.58. The van der Waals surface area contributed by atoms with Crippen LogP contribution < -0.4 is 0 Å². The lowest BCUT2D eigenvalue weighted by atomic mass is 10.0. The number of nitrogens with one attached hydrogen (secondary N) is 1. The number of ketones is 1. The molecule has 0 spiro atoms. The van der Waals surface area contributed by atoms with Crippen LogP contribution in [0.25, 0.3) is 0 Å². The van der Waals surface area contributed by atoms with Gasteiger partial charge in [-0.2, -0.15) is 4.31 Å². The summed E-state index contributed by atoms with van der Waals surface area (Å²) in [5.41, 5.74) is -0.638. The Morgan fingerprint density at radius 3 is 2.56 bits per heavy atom. The molecule has 16 heavy (non-hydrogen) atoms. The number of hydrogen-bond donors (Lipinski definition) is 1. The molecule has 1 fully saturated rings. The van der Waals surface area contributed by atoms with Gasteiger partial charge in [-0.25, -0.2) is 8.42 Å². The van der Waals surface area contributed by atoms with Gasteiger partial charge in [0.25, 0.3) is 10.0 Å². The van der Waals surface area contributed by atoms with Crippen molar-refractivity contribution in [3.8, 4) is 0 Å². The number of carbonyl (C=O) groups excluding carboxylic acids is 1. The summed E-state index contributed by atoms with van der Waals surface area (Å²) in [6.07, 6.45) is 1.82. The van der Waals surface area contributed by atoms with E-state index < -0.39 is 15.6 Å². The minimum Gasteiger partial charge on any atom is -0.351 e. The maximum atomic E-state index is 12.2. The molecule has 0 saturated carbocycles. The van der Waals surface area contributed by atoms with Crippen LogP contribution in [0.15, 0.2) is 23.4 Å². The number of nitrogens with zero attached hydrogens (tertiary/aromatic N) is 1. The topological polar surface area (TPSA) is 70.2 Å². The van der Waals surface area contributed by atoms with E-state index in [9.17, 15) is 13.2 Å². The molecule has 1 aromatic rings. The van der Waals surface area contributed by atoms with Crippen molar-refractivity contribution in [2.75, 3.05) is 6.54 Å². The van der Waals surface area contributed by atoms with Crippen LogP contribution in [0, 0.1) is 0 Å². The molecule has 1 saturated heterocycles. The third-order valence-electron chi connectivity index (χ3n) is 2.76. The van der Waals surface area contributed by atoms with Crippen LogP contribution in [0.1, 0.15) is 20.3 Å². The molecule has 0 unspecified atom stereocenters. The first-order chi connectivity index (χ1) is 7.34. The van der Waals surface area contributed by atoms with Gasteiger partial charge in [0.2, 0.25) is 0 Å². The van der Waals surface area contributed by atoms with Crippen molar-refractivity contribution >= 4 is 15.8 Å². The highest BCUT2D eigenvalue weighted by Gasteiger charge is 2.45. The van der Waals surface area contributed by atoms with Gasteiger partial charge < -0.3 is 4.98 Å². The lowest BCUT2D eigenvalue weighted by molar-refractivity contribution is -0.116. The number of hydrogen-bond acceptors (Lipinski definition) is 3. The van der Waals surface area contributed by atoms with E-state index in [2.05, 4.69) is 4.98 Å². The summed E-state index contributed by atoms with van der Waals surface area (Å²) < 4.78 is 25.7. The Kier molecular flexibility index (Phi) is 2.43. The molecule has 2 rings (SSSR count). The largest absolute Gasteiger partial charge is 0.351 e. The van der Waals surface area contributed by atoms with Crippen LogP contribution >= 0.6 is 0 Å². The lowest BCUT2D eigenvalue weighted by Gasteiger charge is -2.28. The van der Waals surface area contributed by atoms with Crippen LogP contribution in [-0.4, -0.2) is 35.6 Å². The van der Waals surface area contributed by atoms with Gasteiger partial charge in [-0.3, -0.25) is 4.79 Å². The highest BCUT2D eigenvalue weighted by molar-refractivity contribution is 7.89. The first-order valence-electron chi connectivity index (χ1n) is 5.02. The molecule has 0 aromatic carbocycles. The molecule has 88 valence electrons. The highest BCUT2D eigenvalue weighted by Crippen LogP contribution is 2.31. The van der Waals surface area contributed by atoms with Crippen LogP contribution in [0.3, 0.4) is 0 Å². The lowest BCUT2D eigenvalue weighted by Crippen LogP contribution is -2.42. The molecule has 1 aromatic heterocycles. The number of rotatable bonds is 2. The number of carbonyl (C=O) groups is 1. The third-order valence-corrected chi connectivity index (χ3v) is 4.78. The van der Waals surface area contributed by atoms with Crippen molar-refractivity contribution in [1.82, 2.24) is 9.29 Å². The Bertz CT molecular complexity index is 502. The summed E-state index contributed by atoms with van der Waals surface area (Å²) in [7, 11) is -3.58. The molecular weight excluding hydrogens is 228 g/mol. The summed E-state index contributed by atoms with van der Waals surface area (Å²) in [5, 5.41) is 0.135. The smallest absolute Gasteiger partial charge is 0.259 e. The van der Waals surface area contributed by atoms with E-state index in [1.165, 1.54) is 10.4 Å². The van der Waals surface area contributed by atoms with Crippen LogP contribution in [-0.2, 0) is 14.8 Å². The fourth-order valence-corrected chi connectivity index (χ4v) is 3.74. The Labute approximate surface area is 94.5 Å².